The fraction of sp³-hybridized carbons (Fsp3) is 0.556. The van der Waals surface area contributed by atoms with Gasteiger partial charge in [0.1, 0.15) is 11.7 Å². The van der Waals surface area contributed by atoms with Crippen LogP contribution in [0.5, 0.6) is 0 Å². The number of rotatable bonds is 1. The lowest BCUT2D eigenvalue weighted by Crippen LogP contribution is -2.30. The molecule has 0 bridgehead atoms. The second-order valence-corrected chi connectivity index (χ2v) is 6.64. The van der Waals surface area contributed by atoms with E-state index >= 15 is 0 Å². The molecule has 2 aliphatic rings. The van der Waals surface area contributed by atoms with Crippen molar-refractivity contribution in [3.8, 4) is 0 Å². The standard InChI is InChI=1S/C18H22O2/c1-12-6-7-14(13(2)10-12)16-15(19)11-18(17(16)20)8-4-3-5-9-18/h6-7,10,16H,3-5,8-9,11H2,1-2H3. The van der Waals surface area contributed by atoms with Gasteiger partial charge < -0.3 is 0 Å². The van der Waals surface area contributed by atoms with E-state index in [2.05, 4.69) is 6.07 Å². The maximum atomic E-state index is 12.9. The van der Waals surface area contributed by atoms with Crippen molar-refractivity contribution in [2.45, 2.75) is 58.3 Å². The number of carbonyl (C=O) groups is 2. The molecule has 1 atom stereocenters. The number of aryl methyl sites for hydroxylation is 2. The van der Waals surface area contributed by atoms with Crippen LogP contribution in [0.3, 0.4) is 0 Å². The number of Topliss-reactive ketones (excluding diaryl/α,β-unsaturated/α-hetero) is 2. The maximum absolute atomic E-state index is 12.9. The zero-order chi connectivity index (χ0) is 14.3. The molecule has 2 fully saturated rings. The summed E-state index contributed by atoms with van der Waals surface area (Å²) in [7, 11) is 0. The zero-order valence-electron chi connectivity index (χ0n) is 12.4. The Hall–Kier alpha value is -1.44. The van der Waals surface area contributed by atoms with Gasteiger partial charge in [-0.25, -0.2) is 0 Å². The summed E-state index contributed by atoms with van der Waals surface area (Å²) in [6, 6.07) is 6.06. The smallest absolute Gasteiger partial charge is 0.154 e. The van der Waals surface area contributed by atoms with Gasteiger partial charge in [0.05, 0.1) is 0 Å². The summed E-state index contributed by atoms with van der Waals surface area (Å²) < 4.78 is 0. The highest BCUT2D eigenvalue weighted by molar-refractivity contribution is 6.16. The van der Waals surface area contributed by atoms with Crippen LogP contribution in [0.15, 0.2) is 18.2 Å². The second-order valence-electron chi connectivity index (χ2n) is 6.64. The monoisotopic (exact) mass is 270 g/mol. The lowest BCUT2D eigenvalue weighted by atomic mass is 9.71. The predicted octanol–water partition coefficient (Wildman–Crippen LogP) is 3.88. The lowest BCUT2D eigenvalue weighted by Gasteiger charge is -2.31. The molecule has 0 N–H and O–H groups in total. The summed E-state index contributed by atoms with van der Waals surface area (Å²) in [5, 5.41) is 0. The summed E-state index contributed by atoms with van der Waals surface area (Å²) in [6.45, 7) is 4.05. The molecular formula is C18H22O2. The highest BCUT2D eigenvalue weighted by Gasteiger charge is 2.53. The molecule has 0 saturated heterocycles. The van der Waals surface area contributed by atoms with Gasteiger partial charge in [0, 0.05) is 11.8 Å². The first-order valence-electron chi connectivity index (χ1n) is 7.68. The van der Waals surface area contributed by atoms with E-state index in [0.717, 1.165) is 36.8 Å². The minimum atomic E-state index is -0.492. The molecule has 2 nitrogen and oxygen atoms in total. The van der Waals surface area contributed by atoms with E-state index in [0.29, 0.717) is 6.42 Å². The second kappa shape index (κ2) is 4.83. The van der Waals surface area contributed by atoms with Crippen LogP contribution in [-0.4, -0.2) is 11.6 Å². The highest BCUT2D eigenvalue weighted by atomic mass is 16.2. The number of hydrogen-bond acceptors (Lipinski definition) is 2. The molecule has 2 saturated carbocycles. The van der Waals surface area contributed by atoms with Crippen LogP contribution in [0.25, 0.3) is 0 Å². The fourth-order valence-corrected chi connectivity index (χ4v) is 4.09. The van der Waals surface area contributed by atoms with Gasteiger partial charge in [-0.15, -0.1) is 0 Å². The first-order valence-corrected chi connectivity index (χ1v) is 7.68. The number of ketones is 2. The zero-order valence-corrected chi connectivity index (χ0v) is 12.4. The average molecular weight is 270 g/mol. The summed E-state index contributed by atoms with van der Waals surface area (Å²) in [4.78, 5) is 25.4. The Morgan fingerprint density at radius 3 is 2.40 bits per heavy atom. The number of benzene rings is 1. The fourth-order valence-electron chi connectivity index (χ4n) is 4.09. The predicted molar refractivity (Wildman–Crippen MR) is 78.8 cm³/mol. The minimum absolute atomic E-state index is 0.142. The van der Waals surface area contributed by atoms with E-state index in [-0.39, 0.29) is 17.0 Å². The molecule has 0 aliphatic heterocycles. The number of carbonyl (C=O) groups excluding carboxylic acids is 2. The number of hydrogen-bond donors (Lipinski definition) is 0. The van der Waals surface area contributed by atoms with Gasteiger partial charge in [-0.05, 0) is 37.8 Å². The van der Waals surface area contributed by atoms with Crippen molar-refractivity contribution in [1.29, 1.82) is 0 Å². The van der Waals surface area contributed by atoms with Gasteiger partial charge in [-0.2, -0.15) is 0 Å². The van der Waals surface area contributed by atoms with Crippen LogP contribution < -0.4 is 0 Å². The Morgan fingerprint density at radius 1 is 1.05 bits per heavy atom. The molecule has 1 aromatic carbocycles. The topological polar surface area (TPSA) is 34.1 Å². The quantitative estimate of drug-likeness (QED) is 0.726. The lowest BCUT2D eigenvalue weighted by molar-refractivity contribution is -0.129. The molecular weight excluding hydrogens is 248 g/mol. The Balaban J connectivity index is 1.98. The van der Waals surface area contributed by atoms with Crippen molar-refractivity contribution in [3.05, 3.63) is 34.9 Å². The third kappa shape index (κ3) is 2.02. The van der Waals surface area contributed by atoms with Gasteiger partial charge in [-0.1, -0.05) is 43.0 Å². The largest absolute Gasteiger partial charge is 0.298 e. The Morgan fingerprint density at radius 2 is 1.75 bits per heavy atom. The molecule has 0 amide bonds. The van der Waals surface area contributed by atoms with Gasteiger partial charge >= 0.3 is 0 Å². The summed E-state index contributed by atoms with van der Waals surface area (Å²) in [5.74, 6) is -0.147. The SMILES string of the molecule is Cc1ccc(C2C(=O)CC3(CCCCC3)C2=O)c(C)c1. The summed E-state index contributed by atoms with van der Waals surface area (Å²) >= 11 is 0. The average Bonchev–Trinajstić information content (AvgIpc) is 2.63. The highest BCUT2D eigenvalue weighted by Crippen LogP contribution is 2.50. The van der Waals surface area contributed by atoms with E-state index in [9.17, 15) is 9.59 Å². The Kier molecular flexibility index (Phi) is 3.27. The molecule has 3 rings (SSSR count). The summed E-state index contributed by atoms with van der Waals surface area (Å²) in [6.07, 6.45) is 5.70. The Bertz CT molecular complexity index is 565. The van der Waals surface area contributed by atoms with Crippen LogP contribution >= 0.6 is 0 Å². The normalized spacial score (nSPS) is 25.4. The van der Waals surface area contributed by atoms with Crippen molar-refractivity contribution in [2.24, 2.45) is 5.41 Å². The van der Waals surface area contributed by atoms with Gasteiger partial charge in [0.15, 0.2) is 5.78 Å². The van der Waals surface area contributed by atoms with Crippen molar-refractivity contribution in [3.63, 3.8) is 0 Å². The van der Waals surface area contributed by atoms with Crippen molar-refractivity contribution in [2.75, 3.05) is 0 Å². The van der Waals surface area contributed by atoms with E-state index in [4.69, 9.17) is 0 Å². The van der Waals surface area contributed by atoms with E-state index in [1.807, 2.05) is 26.0 Å². The summed E-state index contributed by atoms with van der Waals surface area (Å²) in [5.41, 5.74) is 2.87. The minimum Gasteiger partial charge on any atom is -0.298 e. The molecule has 20 heavy (non-hydrogen) atoms. The molecule has 2 heteroatoms. The van der Waals surface area contributed by atoms with Crippen molar-refractivity contribution < 1.29 is 9.59 Å². The van der Waals surface area contributed by atoms with Gasteiger partial charge in [-0.3, -0.25) is 9.59 Å². The molecule has 1 spiro atoms. The van der Waals surface area contributed by atoms with E-state index in [1.165, 1.54) is 12.0 Å². The molecule has 1 unspecified atom stereocenters. The third-order valence-electron chi connectivity index (χ3n) is 5.17. The van der Waals surface area contributed by atoms with Crippen LogP contribution in [-0.2, 0) is 9.59 Å². The maximum Gasteiger partial charge on any atom is 0.154 e. The third-order valence-corrected chi connectivity index (χ3v) is 5.17. The molecule has 0 aromatic heterocycles. The van der Waals surface area contributed by atoms with Crippen molar-refractivity contribution in [1.82, 2.24) is 0 Å². The van der Waals surface area contributed by atoms with Gasteiger partial charge in [0.25, 0.3) is 0 Å². The first kappa shape index (κ1) is 13.5. The molecule has 2 aliphatic carbocycles. The first-order chi connectivity index (χ1) is 9.53. The van der Waals surface area contributed by atoms with Gasteiger partial charge in [0.2, 0.25) is 0 Å². The molecule has 0 radical (unpaired) electrons. The van der Waals surface area contributed by atoms with Crippen LogP contribution in [0.2, 0.25) is 0 Å². The van der Waals surface area contributed by atoms with Crippen LogP contribution in [0, 0.1) is 19.3 Å². The van der Waals surface area contributed by atoms with Crippen molar-refractivity contribution >= 4 is 11.6 Å². The molecule has 106 valence electrons. The molecule has 0 heterocycles. The van der Waals surface area contributed by atoms with E-state index in [1.54, 1.807) is 0 Å². The van der Waals surface area contributed by atoms with E-state index < -0.39 is 5.92 Å². The Labute approximate surface area is 120 Å². The molecule has 1 aromatic rings. The van der Waals surface area contributed by atoms with Crippen LogP contribution in [0.1, 0.15) is 61.1 Å². The van der Waals surface area contributed by atoms with Crippen LogP contribution in [0.4, 0.5) is 0 Å².